The number of halogens is 2. The van der Waals surface area contributed by atoms with Crippen LogP contribution in [0.3, 0.4) is 0 Å². The van der Waals surface area contributed by atoms with Crippen molar-refractivity contribution in [1.82, 2.24) is 19.5 Å². The molecule has 8 nitrogen and oxygen atoms in total. The van der Waals surface area contributed by atoms with Gasteiger partial charge in [-0.25, -0.2) is 14.2 Å². The average Bonchev–Trinajstić information content (AvgIpc) is 3.53. The SMILES string of the molecule is O=c1[nH]c(-c2ccc(OCCO)cc2)c(O)n1[C@@H](Cc1ccc(F)cc1)c1ncc(-c2ccc(I)cc2)[nH]1. The Hall–Kier alpha value is -3.90. The van der Waals surface area contributed by atoms with E-state index in [9.17, 15) is 14.3 Å². The lowest BCUT2D eigenvalue weighted by Gasteiger charge is -2.17. The number of hydrogen-bond acceptors (Lipinski definition) is 5. The van der Waals surface area contributed by atoms with Crippen molar-refractivity contribution >= 4 is 22.6 Å². The van der Waals surface area contributed by atoms with Crippen LogP contribution in [0.2, 0.25) is 0 Å². The second kappa shape index (κ2) is 11.2. The number of aromatic hydroxyl groups is 1. The van der Waals surface area contributed by atoms with Crippen LogP contribution in [0.1, 0.15) is 17.4 Å². The Bertz CT molecular complexity index is 1580. The Morgan fingerprint density at radius 2 is 1.66 bits per heavy atom. The summed E-state index contributed by atoms with van der Waals surface area (Å²) in [5.41, 5.74) is 2.77. The second-order valence-electron chi connectivity index (χ2n) is 8.63. The normalized spacial score (nSPS) is 12.0. The van der Waals surface area contributed by atoms with E-state index in [4.69, 9.17) is 9.84 Å². The molecule has 0 unspecified atom stereocenters. The van der Waals surface area contributed by atoms with Gasteiger partial charge in [0, 0.05) is 15.6 Å². The molecule has 10 heteroatoms. The molecule has 0 amide bonds. The standard InChI is InChI=1S/C28H24FIN4O4/c29-20-7-1-17(2-8-20)15-24(26-31-16-23(32-26)18-3-9-21(30)10-4-18)34-27(36)25(33-28(34)37)19-5-11-22(12-6-19)38-14-13-35/h1-12,16,24,35-36H,13-15H2,(H,31,32)(H,33,37)/t24-/m0/s1. The largest absolute Gasteiger partial charge is 0.493 e. The zero-order valence-electron chi connectivity index (χ0n) is 20.1. The molecule has 4 N–H and O–H groups in total. The van der Waals surface area contributed by atoms with Crippen LogP contribution in [-0.2, 0) is 6.42 Å². The number of H-pyrrole nitrogens is 2. The van der Waals surface area contributed by atoms with Crippen LogP contribution in [0.15, 0.2) is 83.8 Å². The van der Waals surface area contributed by atoms with Crippen LogP contribution in [0.4, 0.5) is 4.39 Å². The maximum atomic E-state index is 13.6. The molecule has 2 heterocycles. The third-order valence-corrected chi connectivity index (χ3v) is 6.85. The van der Waals surface area contributed by atoms with Gasteiger partial charge in [-0.05, 0) is 82.2 Å². The molecule has 38 heavy (non-hydrogen) atoms. The van der Waals surface area contributed by atoms with Crippen LogP contribution < -0.4 is 10.4 Å². The van der Waals surface area contributed by atoms with Gasteiger partial charge < -0.3 is 24.9 Å². The van der Waals surface area contributed by atoms with Gasteiger partial charge in [0.05, 0.1) is 18.5 Å². The van der Waals surface area contributed by atoms with E-state index >= 15 is 0 Å². The fourth-order valence-corrected chi connectivity index (χ4v) is 4.61. The van der Waals surface area contributed by atoms with Gasteiger partial charge in [-0.2, -0.15) is 0 Å². The van der Waals surface area contributed by atoms with Gasteiger partial charge >= 0.3 is 5.69 Å². The van der Waals surface area contributed by atoms with Gasteiger partial charge in [0.1, 0.15) is 35.7 Å². The zero-order chi connectivity index (χ0) is 26.6. The molecule has 0 aliphatic heterocycles. The van der Waals surface area contributed by atoms with Crippen molar-refractivity contribution in [2.75, 3.05) is 13.2 Å². The number of nitrogens with zero attached hydrogens (tertiary/aromatic N) is 2. The molecule has 0 bridgehead atoms. The highest BCUT2D eigenvalue weighted by atomic mass is 127. The minimum Gasteiger partial charge on any atom is -0.493 e. The number of benzene rings is 3. The molecule has 0 aliphatic rings. The van der Waals surface area contributed by atoms with Crippen molar-refractivity contribution in [3.8, 4) is 34.1 Å². The molecule has 5 rings (SSSR count). The van der Waals surface area contributed by atoms with Gasteiger partial charge in [-0.15, -0.1) is 0 Å². The Kier molecular flexibility index (Phi) is 7.61. The maximum absolute atomic E-state index is 13.6. The van der Waals surface area contributed by atoms with Gasteiger partial charge in [0.15, 0.2) is 0 Å². The first-order valence-corrected chi connectivity index (χ1v) is 12.9. The van der Waals surface area contributed by atoms with E-state index in [2.05, 4.69) is 37.5 Å². The van der Waals surface area contributed by atoms with Gasteiger partial charge in [0.25, 0.3) is 0 Å². The summed E-state index contributed by atoms with van der Waals surface area (Å²) in [6.45, 7) is 0.0580. The number of aliphatic hydroxyl groups is 1. The summed E-state index contributed by atoms with van der Waals surface area (Å²) in [5, 5.41) is 20.2. The molecule has 2 aromatic heterocycles. The molecule has 0 radical (unpaired) electrons. The predicted molar refractivity (Wildman–Crippen MR) is 150 cm³/mol. The molecule has 0 saturated heterocycles. The second-order valence-corrected chi connectivity index (χ2v) is 9.88. The van der Waals surface area contributed by atoms with Crippen LogP contribution in [0.5, 0.6) is 11.6 Å². The zero-order valence-corrected chi connectivity index (χ0v) is 22.2. The number of ether oxygens (including phenoxy) is 1. The lowest BCUT2D eigenvalue weighted by molar-refractivity contribution is 0.201. The first kappa shape index (κ1) is 25.7. The van der Waals surface area contributed by atoms with Crippen molar-refractivity contribution < 1.29 is 19.3 Å². The summed E-state index contributed by atoms with van der Waals surface area (Å²) >= 11 is 2.24. The number of aromatic nitrogens is 4. The lowest BCUT2D eigenvalue weighted by Crippen LogP contribution is -2.25. The van der Waals surface area contributed by atoms with Crippen LogP contribution >= 0.6 is 22.6 Å². The summed E-state index contributed by atoms with van der Waals surface area (Å²) in [5.74, 6) is 0.411. The highest BCUT2D eigenvalue weighted by Crippen LogP contribution is 2.33. The molecule has 194 valence electrons. The van der Waals surface area contributed by atoms with Crippen LogP contribution in [-0.4, -0.2) is 42.9 Å². The number of imidazole rings is 2. The molecule has 3 aromatic carbocycles. The number of aromatic amines is 2. The minimum atomic E-state index is -0.706. The Morgan fingerprint density at radius 3 is 2.34 bits per heavy atom. The number of hydrogen-bond donors (Lipinski definition) is 4. The summed E-state index contributed by atoms with van der Waals surface area (Å²) < 4.78 is 21.3. The summed E-state index contributed by atoms with van der Waals surface area (Å²) in [4.78, 5) is 23.8. The Morgan fingerprint density at radius 1 is 0.974 bits per heavy atom. The Balaban J connectivity index is 1.54. The molecule has 1 atom stereocenters. The summed E-state index contributed by atoms with van der Waals surface area (Å²) in [6, 6.07) is 20.0. The topological polar surface area (TPSA) is 116 Å². The summed E-state index contributed by atoms with van der Waals surface area (Å²) in [7, 11) is 0. The molecular weight excluding hydrogens is 602 g/mol. The first-order valence-electron chi connectivity index (χ1n) is 11.9. The fourth-order valence-electron chi connectivity index (χ4n) is 4.25. The fraction of sp³-hybridized carbons (Fsp3) is 0.143. The van der Waals surface area contributed by atoms with E-state index in [-0.39, 0.29) is 37.0 Å². The highest BCUT2D eigenvalue weighted by molar-refractivity contribution is 14.1. The summed E-state index contributed by atoms with van der Waals surface area (Å²) in [6.07, 6.45) is 1.97. The Labute approximate surface area is 230 Å². The molecule has 0 saturated carbocycles. The number of rotatable bonds is 9. The molecular formula is C28H24FIN4O4. The third kappa shape index (κ3) is 5.50. The molecule has 5 aromatic rings. The average molecular weight is 626 g/mol. The molecule has 0 fully saturated rings. The first-order chi connectivity index (χ1) is 18.4. The van der Waals surface area contributed by atoms with Gasteiger partial charge in [-0.3, -0.25) is 4.57 Å². The lowest BCUT2D eigenvalue weighted by atomic mass is 10.0. The van der Waals surface area contributed by atoms with Crippen molar-refractivity contribution in [2.24, 2.45) is 0 Å². The monoisotopic (exact) mass is 626 g/mol. The van der Waals surface area contributed by atoms with E-state index in [1.165, 1.54) is 16.7 Å². The van der Waals surface area contributed by atoms with E-state index < -0.39 is 11.7 Å². The van der Waals surface area contributed by atoms with Crippen molar-refractivity contribution in [2.45, 2.75) is 12.5 Å². The van der Waals surface area contributed by atoms with E-state index in [1.807, 2.05) is 24.3 Å². The van der Waals surface area contributed by atoms with Crippen molar-refractivity contribution in [3.63, 3.8) is 0 Å². The smallest absolute Gasteiger partial charge is 0.329 e. The number of aliphatic hydroxyl groups excluding tert-OH is 1. The van der Waals surface area contributed by atoms with E-state index in [1.54, 1.807) is 42.6 Å². The van der Waals surface area contributed by atoms with Gasteiger partial charge in [0.2, 0.25) is 5.88 Å². The van der Waals surface area contributed by atoms with Gasteiger partial charge in [-0.1, -0.05) is 24.3 Å². The van der Waals surface area contributed by atoms with E-state index in [0.717, 1.165) is 20.4 Å². The van der Waals surface area contributed by atoms with Crippen LogP contribution in [0.25, 0.3) is 22.5 Å². The van der Waals surface area contributed by atoms with Crippen LogP contribution in [0, 0.1) is 9.39 Å². The maximum Gasteiger partial charge on any atom is 0.329 e. The van der Waals surface area contributed by atoms with Crippen molar-refractivity contribution in [1.29, 1.82) is 0 Å². The molecule has 0 aliphatic carbocycles. The quantitative estimate of drug-likeness (QED) is 0.174. The predicted octanol–water partition coefficient (Wildman–Crippen LogP) is 4.89. The molecule has 0 spiro atoms. The van der Waals surface area contributed by atoms with E-state index in [0.29, 0.717) is 17.1 Å². The minimum absolute atomic E-state index is 0.105. The van der Waals surface area contributed by atoms with Crippen molar-refractivity contribution in [3.05, 3.63) is 110 Å². The number of nitrogens with one attached hydrogen (secondary N) is 2. The third-order valence-electron chi connectivity index (χ3n) is 6.13. The highest BCUT2D eigenvalue weighted by Gasteiger charge is 2.26.